The van der Waals surface area contributed by atoms with Gasteiger partial charge in [0.25, 0.3) is 0 Å². The van der Waals surface area contributed by atoms with Crippen molar-refractivity contribution in [3.05, 3.63) is 23.8 Å². The summed E-state index contributed by atoms with van der Waals surface area (Å²) < 4.78 is 17.0. The second-order valence-electron chi connectivity index (χ2n) is 5.23. The van der Waals surface area contributed by atoms with Crippen molar-refractivity contribution in [1.29, 1.82) is 0 Å². The molecule has 0 saturated carbocycles. The molecule has 0 amide bonds. The molecule has 0 spiro atoms. The van der Waals surface area contributed by atoms with Crippen LogP contribution in [0.1, 0.15) is 32.3 Å². The Kier molecular flexibility index (Phi) is 4.66. The van der Waals surface area contributed by atoms with E-state index in [0.717, 1.165) is 29.8 Å². The van der Waals surface area contributed by atoms with Gasteiger partial charge in [-0.1, -0.05) is 0 Å². The van der Waals surface area contributed by atoms with E-state index >= 15 is 0 Å². The highest BCUT2D eigenvalue weighted by Gasteiger charge is 2.25. The standard InChI is InChI=1S/C15H23NO3/c1-10-6-14(7-11(2)19-10)18-9-12-8-13(16)4-5-15(12)17-3/h4-5,8,10-11,14H,6-7,9,16H2,1-3H3. The van der Waals surface area contributed by atoms with Gasteiger partial charge in [0.15, 0.2) is 0 Å². The second-order valence-corrected chi connectivity index (χ2v) is 5.23. The number of nitrogen functional groups attached to an aromatic ring is 1. The minimum atomic E-state index is 0.241. The summed E-state index contributed by atoms with van der Waals surface area (Å²) in [6.45, 7) is 4.71. The van der Waals surface area contributed by atoms with E-state index in [0.29, 0.717) is 6.61 Å². The number of benzene rings is 1. The Morgan fingerprint density at radius 2 is 1.95 bits per heavy atom. The third-order valence-corrected chi connectivity index (χ3v) is 3.43. The number of rotatable bonds is 4. The molecule has 2 rings (SSSR count). The van der Waals surface area contributed by atoms with Gasteiger partial charge < -0.3 is 19.9 Å². The average molecular weight is 265 g/mol. The lowest BCUT2D eigenvalue weighted by Gasteiger charge is -2.32. The first-order valence-electron chi connectivity index (χ1n) is 6.78. The first-order valence-corrected chi connectivity index (χ1v) is 6.78. The van der Waals surface area contributed by atoms with E-state index in [1.54, 1.807) is 7.11 Å². The summed E-state index contributed by atoms with van der Waals surface area (Å²) in [7, 11) is 1.66. The molecule has 1 aliphatic heterocycles. The Morgan fingerprint density at radius 3 is 2.58 bits per heavy atom. The fourth-order valence-electron chi connectivity index (χ4n) is 2.60. The van der Waals surface area contributed by atoms with Crippen LogP contribution in [0.2, 0.25) is 0 Å². The molecule has 1 aromatic rings. The number of anilines is 1. The van der Waals surface area contributed by atoms with Gasteiger partial charge in [0, 0.05) is 11.3 Å². The number of hydrogen-bond donors (Lipinski definition) is 1. The summed E-state index contributed by atoms with van der Waals surface area (Å²) in [4.78, 5) is 0. The Morgan fingerprint density at radius 1 is 1.26 bits per heavy atom. The molecule has 1 aromatic carbocycles. The van der Waals surface area contributed by atoms with Gasteiger partial charge in [-0.3, -0.25) is 0 Å². The summed E-state index contributed by atoms with van der Waals surface area (Å²) in [5.41, 5.74) is 7.53. The molecule has 0 bridgehead atoms. The predicted octanol–water partition coefficient (Wildman–Crippen LogP) is 2.75. The van der Waals surface area contributed by atoms with Gasteiger partial charge in [0.2, 0.25) is 0 Å². The molecule has 2 unspecified atom stereocenters. The zero-order valence-electron chi connectivity index (χ0n) is 11.9. The van der Waals surface area contributed by atoms with Gasteiger partial charge in [0.1, 0.15) is 5.75 Å². The van der Waals surface area contributed by atoms with Gasteiger partial charge in [-0.15, -0.1) is 0 Å². The molecule has 19 heavy (non-hydrogen) atoms. The highest BCUT2D eigenvalue weighted by molar-refractivity contribution is 5.47. The zero-order valence-corrected chi connectivity index (χ0v) is 11.9. The van der Waals surface area contributed by atoms with Crippen LogP contribution >= 0.6 is 0 Å². The van der Waals surface area contributed by atoms with E-state index in [-0.39, 0.29) is 18.3 Å². The van der Waals surface area contributed by atoms with Crippen LogP contribution < -0.4 is 10.5 Å². The van der Waals surface area contributed by atoms with E-state index in [4.69, 9.17) is 19.9 Å². The highest BCUT2D eigenvalue weighted by Crippen LogP contribution is 2.26. The van der Waals surface area contributed by atoms with Crippen molar-refractivity contribution in [2.45, 2.75) is 51.6 Å². The maximum absolute atomic E-state index is 5.99. The molecular weight excluding hydrogens is 242 g/mol. The third-order valence-electron chi connectivity index (χ3n) is 3.43. The van der Waals surface area contributed by atoms with Crippen LogP contribution in [0, 0.1) is 0 Å². The average Bonchev–Trinajstić information content (AvgIpc) is 2.35. The third kappa shape index (κ3) is 3.85. The topological polar surface area (TPSA) is 53.7 Å². The lowest BCUT2D eigenvalue weighted by Crippen LogP contribution is -2.34. The zero-order chi connectivity index (χ0) is 13.8. The Balaban J connectivity index is 1.96. The van der Waals surface area contributed by atoms with Crippen LogP contribution in [0.5, 0.6) is 5.75 Å². The van der Waals surface area contributed by atoms with Crippen LogP contribution in [0.3, 0.4) is 0 Å². The van der Waals surface area contributed by atoms with Crippen LogP contribution in [-0.4, -0.2) is 25.4 Å². The fourth-order valence-corrected chi connectivity index (χ4v) is 2.60. The normalized spacial score (nSPS) is 27.2. The van der Waals surface area contributed by atoms with Crippen LogP contribution in [0.4, 0.5) is 5.69 Å². The van der Waals surface area contributed by atoms with Crippen molar-refractivity contribution in [1.82, 2.24) is 0 Å². The van der Waals surface area contributed by atoms with Crippen LogP contribution in [0.25, 0.3) is 0 Å². The number of nitrogens with two attached hydrogens (primary N) is 1. The van der Waals surface area contributed by atoms with Crippen molar-refractivity contribution in [2.24, 2.45) is 0 Å². The van der Waals surface area contributed by atoms with Gasteiger partial charge in [-0.05, 0) is 44.9 Å². The quantitative estimate of drug-likeness (QED) is 0.850. The smallest absolute Gasteiger partial charge is 0.124 e. The van der Waals surface area contributed by atoms with Gasteiger partial charge in [0.05, 0.1) is 32.0 Å². The molecular formula is C15H23NO3. The lowest BCUT2D eigenvalue weighted by molar-refractivity contribution is -0.106. The first-order chi connectivity index (χ1) is 9.08. The maximum atomic E-state index is 5.99. The largest absolute Gasteiger partial charge is 0.496 e. The summed E-state index contributed by atoms with van der Waals surface area (Å²) in [6, 6.07) is 5.62. The highest BCUT2D eigenvalue weighted by atomic mass is 16.5. The number of ether oxygens (including phenoxy) is 3. The van der Waals surface area contributed by atoms with Crippen molar-refractivity contribution in [3.8, 4) is 5.75 Å². The van der Waals surface area contributed by atoms with Crippen LogP contribution in [0.15, 0.2) is 18.2 Å². The monoisotopic (exact) mass is 265 g/mol. The molecule has 4 heteroatoms. The number of methoxy groups -OCH3 is 1. The molecule has 2 N–H and O–H groups in total. The minimum absolute atomic E-state index is 0.241. The SMILES string of the molecule is COc1ccc(N)cc1COC1CC(C)OC(C)C1. The van der Waals surface area contributed by atoms with Gasteiger partial charge in [-0.2, -0.15) is 0 Å². The summed E-state index contributed by atoms with van der Waals surface area (Å²) >= 11 is 0. The summed E-state index contributed by atoms with van der Waals surface area (Å²) in [5, 5.41) is 0. The molecule has 1 fully saturated rings. The van der Waals surface area contributed by atoms with Crippen molar-refractivity contribution >= 4 is 5.69 Å². The minimum Gasteiger partial charge on any atom is -0.496 e. The van der Waals surface area contributed by atoms with Gasteiger partial charge >= 0.3 is 0 Å². The maximum Gasteiger partial charge on any atom is 0.124 e. The second kappa shape index (κ2) is 6.26. The first kappa shape index (κ1) is 14.2. The molecule has 1 aliphatic rings. The molecule has 1 heterocycles. The summed E-state index contributed by atoms with van der Waals surface area (Å²) in [5.74, 6) is 0.822. The fraction of sp³-hybridized carbons (Fsp3) is 0.600. The lowest BCUT2D eigenvalue weighted by atomic mass is 10.0. The molecule has 106 valence electrons. The molecule has 0 aromatic heterocycles. The number of hydrogen-bond acceptors (Lipinski definition) is 4. The molecule has 2 atom stereocenters. The van der Waals surface area contributed by atoms with Crippen molar-refractivity contribution in [2.75, 3.05) is 12.8 Å². The van der Waals surface area contributed by atoms with Gasteiger partial charge in [-0.25, -0.2) is 0 Å². The predicted molar refractivity (Wildman–Crippen MR) is 75.2 cm³/mol. The Bertz CT molecular complexity index is 412. The molecule has 0 radical (unpaired) electrons. The van der Waals surface area contributed by atoms with Crippen LogP contribution in [-0.2, 0) is 16.1 Å². The molecule has 0 aliphatic carbocycles. The van der Waals surface area contributed by atoms with E-state index in [1.807, 2.05) is 18.2 Å². The summed E-state index contributed by atoms with van der Waals surface area (Å²) in [6.07, 6.45) is 2.64. The Labute approximate surface area is 114 Å². The van der Waals surface area contributed by atoms with Crippen molar-refractivity contribution in [3.63, 3.8) is 0 Å². The van der Waals surface area contributed by atoms with E-state index < -0.39 is 0 Å². The Hall–Kier alpha value is -1.26. The van der Waals surface area contributed by atoms with E-state index in [2.05, 4.69) is 13.8 Å². The molecule has 1 saturated heterocycles. The van der Waals surface area contributed by atoms with Crippen molar-refractivity contribution < 1.29 is 14.2 Å². The van der Waals surface area contributed by atoms with E-state index in [9.17, 15) is 0 Å². The van der Waals surface area contributed by atoms with E-state index in [1.165, 1.54) is 0 Å². The molecule has 4 nitrogen and oxygen atoms in total.